The lowest BCUT2D eigenvalue weighted by Crippen LogP contribution is -2.49. The van der Waals surface area contributed by atoms with Crippen molar-refractivity contribution in [2.45, 2.75) is 62.2 Å². The first kappa shape index (κ1) is 24.3. The summed E-state index contributed by atoms with van der Waals surface area (Å²) in [6, 6.07) is 11.0. The molecule has 6 rings (SSSR count). The van der Waals surface area contributed by atoms with Crippen LogP contribution in [0.4, 0.5) is 5.82 Å². The lowest BCUT2D eigenvalue weighted by molar-refractivity contribution is -0.223. The molecule has 4 heterocycles. The fourth-order valence-corrected chi connectivity index (χ4v) is 6.56. The highest BCUT2D eigenvalue weighted by Gasteiger charge is 2.78. The van der Waals surface area contributed by atoms with Crippen LogP contribution in [0.1, 0.15) is 49.2 Å². The Balaban J connectivity index is 1.28. The predicted octanol–water partition coefficient (Wildman–Crippen LogP) is 3.94. The van der Waals surface area contributed by atoms with Gasteiger partial charge in [-0.3, -0.25) is 9.36 Å². The van der Waals surface area contributed by atoms with E-state index in [9.17, 15) is 4.79 Å². The number of nitriles is 1. The molecule has 3 fully saturated rings. The van der Waals surface area contributed by atoms with E-state index < -0.39 is 20.2 Å². The molecule has 1 saturated carbocycles. The summed E-state index contributed by atoms with van der Waals surface area (Å²) < 4.78 is 27.4. The van der Waals surface area contributed by atoms with Crippen LogP contribution in [0.15, 0.2) is 43.0 Å². The van der Waals surface area contributed by atoms with E-state index in [0.29, 0.717) is 42.0 Å². The van der Waals surface area contributed by atoms with E-state index in [4.69, 9.17) is 23.8 Å². The van der Waals surface area contributed by atoms with E-state index >= 15 is 0 Å². The van der Waals surface area contributed by atoms with Crippen molar-refractivity contribution in [2.24, 2.45) is 0 Å². The van der Waals surface area contributed by atoms with Crippen LogP contribution in [0.2, 0.25) is 0 Å². The summed E-state index contributed by atoms with van der Waals surface area (Å²) in [6.45, 7) is 4.31. The molecule has 3 aliphatic rings. The largest absolute Gasteiger partial charge is 0.361 e. The lowest BCUT2D eigenvalue weighted by Gasteiger charge is -2.38. The van der Waals surface area contributed by atoms with Gasteiger partial charge in [-0.1, -0.05) is 25.1 Å². The minimum absolute atomic E-state index is 0.281. The van der Waals surface area contributed by atoms with E-state index in [0.717, 1.165) is 12.8 Å². The Morgan fingerprint density at radius 3 is 2.81 bits per heavy atom. The van der Waals surface area contributed by atoms with Crippen molar-refractivity contribution in [1.29, 1.82) is 5.26 Å². The highest BCUT2D eigenvalue weighted by molar-refractivity contribution is 7.46. The molecule has 2 unspecified atom stereocenters. The van der Waals surface area contributed by atoms with Crippen molar-refractivity contribution in [3.05, 3.63) is 48.5 Å². The molecule has 2 aromatic heterocycles. The molecule has 1 N–H and O–H groups in total. The third-order valence-electron chi connectivity index (χ3n) is 7.38. The van der Waals surface area contributed by atoms with Crippen LogP contribution in [-0.4, -0.2) is 62.1 Å². The van der Waals surface area contributed by atoms with Crippen LogP contribution in [0.5, 0.6) is 0 Å². The first-order valence-corrected chi connectivity index (χ1v) is 13.9. The number of ether oxygens (including phenoxy) is 2. The zero-order valence-electron chi connectivity index (χ0n) is 20.5. The third kappa shape index (κ3) is 3.92. The predicted molar refractivity (Wildman–Crippen MR) is 134 cm³/mol. The molecule has 1 spiro atoms. The zero-order valence-corrected chi connectivity index (χ0v) is 21.4. The molecule has 1 amide bonds. The van der Waals surface area contributed by atoms with Crippen LogP contribution in [0.25, 0.3) is 11.2 Å². The van der Waals surface area contributed by atoms with E-state index in [1.54, 1.807) is 30.6 Å². The van der Waals surface area contributed by atoms with Crippen molar-refractivity contribution < 1.29 is 23.3 Å². The maximum atomic E-state index is 12.7. The second kappa shape index (κ2) is 9.39. The van der Waals surface area contributed by atoms with Crippen molar-refractivity contribution in [1.82, 2.24) is 19.5 Å². The molecule has 11 nitrogen and oxygen atoms in total. The molecule has 2 bridgehead atoms. The number of hydrogen-bond donors (Lipinski definition) is 1. The summed E-state index contributed by atoms with van der Waals surface area (Å²) in [5.41, 5.74) is 0.534. The third-order valence-corrected chi connectivity index (χ3v) is 8.45. The maximum absolute atomic E-state index is 12.7. The number of aromatic nitrogens is 4. The molecule has 37 heavy (non-hydrogen) atoms. The minimum atomic E-state index is -1.23. The number of anilines is 1. The minimum Gasteiger partial charge on any atom is -0.361 e. The van der Waals surface area contributed by atoms with Crippen LogP contribution in [0, 0.1) is 11.3 Å². The SMILES string of the molecule is CC[C@@]12O[C@@H](n3cnc4c(NC(=O)c5ccccc5)ncnc43)[C@@H](OC13CC3)C2OP(C)OCCC#N. The summed E-state index contributed by atoms with van der Waals surface area (Å²) in [6.07, 6.45) is 4.67. The Bertz CT molecular complexity index is 1360. The van der Waals surface area contributed by atoms with Gasteiger partial charge in [0.1, 0.15) is 29.7 Å². The molecule has 2 aliphatic heterocycles. The number of amides is 1. The van der Waals surface area contributed by atoms with Crippen molar-refractivity contribution in [3.8, 4) is 6.07 Å². The highest BCUT2D eigenvalue weighted by atomic mass is 31.2. The number of carbonyl (C=O) groups is 1. The van der Waals surface area contributed by atoms with Crippen LogP contribution >= 0.6 is 8.38 Å². The van der Waals surface area contributed by atoms with E-state index in [1.807, 2.05) is 17.3 Å². The molecule has 192 valence electrons. The van der Waals surface area contributed by atoms with E-state index in [-0.39, 0.29) is 23.7 Å². The Hall–Kier alpha value is -3.00. The summed E-state index contributed by atoms with van der Waals surface area (Å²) in [4.78, 5) is 26.0. The van der Waals surface area contributed by atoms with Gasteiger partial charge in [-0.25, -0.2) is 15.0 Å². The smallest absolute Gasteiger partial charge is 0.256 e. The van der Waals surface area contributed by atoms with Gasteiger partial charge in [0.2, 0.25) is 0 Å². The van der Waals surface area contributed by atoms with Gasteiger partial charge in [-0.15, -0.1) is 0 Å². The van der Waals surface area contributed by atoms with Crippen molar-refractivity contribution in [3.63, 3.8) is 0 Å². The Morgan fingerprint density at radius 1 is 1.27 bits per heavy atom. The Kier molecular flexibility index (Phi) is 6.18. The monoisotopic (exact) mass is 522 g/mol. The fourth-order valence-electron chi connectivity index (χ4n) is 5.54. The van der Waals surface area contributed by atoms with E-state index in [1.165, 1.54) is 6.33 Å². The summed E-state index contributed by atoms with van der Waals surface area (Å²) in [5.74, 6) is 0.0396. The molecular weight excluding hydrogens is 495 g/mol. The fraction of sp³-hybridized carbons (Fsp3) is 0.480. The first-order chi connectivity index (χ1) is 18.0. The zero-order chi connectivity index (χ0) is 25.6. The molecule has 1 aliphatic carbocycles. The topological polar surface area (TPSA) is 133 Å². The average molecular weight is 523 g/mol. The normalized spacial score (nSPS) is 27.9. The molecule has 3 aromatic rings. The number of rotatable bonds is 9. The Morgan fingerprint density at radius 2 is 2.08 bits per heavy atom. The lowest BCUT2D eigenvalue weighted by atomic mass is 9.88. The number of fused-ring (bicyclic) bond motifs is 4. The Labute approximate surface area is 215 Å². The molecule has 5 atom stereocenters. The number of carbonyl (C=O) groups excluding carboxylic acids is 1. The van der Waals surface area contributed by atoms with Gasteiger partial charge in [0.25, 0.3) is 5.91 Å². The summed E-state index contributed by atoms with van der Waals surface area (Å²) in [5, 5.41) is 11.7. The van der Waals surface area contributed by atoms with Gasteiger partial charge in [0, 0.05) is 12.2 Å². The van der Waals surface area contributed by atoms with Gasteiger partial charge < -0.3 is 23.8 Å². The second-order valence-corrected chi connectivity index (χ2v) is 10.8. The molecule has 12 heteroatoms. The first-order valence-electron chi connectivity index (χ1n) is 12.3. The number of benzene rings is 1. The van der Waals surface area contributed by atoms with Crippen LogP contribution < -0.4 is 5.32 Å². The number of hydrogen-bond acceptors (Lipinski definition) is 9. The van der Waals surface area contributed by atoms with Gasteiger partial charge in [0.15, 0.2) is 31.6 Å². The number of nitrogens with zero attached hydrogens (tertiary/aromatic N) is 5. The molecular formula is C25H27N6O5P. The number of imidazole rings is 1. The maximum Gasteiger partial charge on any atom is 0.256 e. The molecule has 0 radical (unpaired) electrons. The van der Waals surface area contributed by atoms with Crippen LogP contribution in [-0.2, 0) is 18.5 Å². The summed E-state index contributed by atoms with van der Waals surface area (Å²) in [7, 11) is -1.23. The number of nitrogens with one attached hydrogen (secondary N) is 1. The van der Waals surface area contributed by atoms with Gasteiger partial charge in [-0.05, 0) is 31.4 Å². The molecule has 1 aromatic carbocycles. The molecule has 2 saturated heterocycles. The van der Waals surface area contributed by atoms with Crippen LogP contribution in [0.3, 0.4) is 0 Å². The van der Waals surface area contributed by atoms with Crippen molar-refractivity contribution in [2.75, 3.05) is 18.6 Å². The standard InChI is InChI=1S/C25H27N6O5P/c1-3-25-19(36-37(2)33-13-7-12-26)18(34-24(25)10-11-24)23(35-25)31-15-29-17-20(27-14-28-21(17)31)30-22(32)16-8-5-4-6-9-16/h4-6,8-9,14-15,18-19,23H,3,7,10-11,13H2,1-2H3,(H,27,28,30,32)/t18-,19?,23+,25-,37?/m0/s1. The quantitative estimate of drug-likeness (QED) is 0.328. The average Bonchev–Trinajstić information content (AvgIpc) is 3.35. The second-order valence-electron chi connectivity index (χ2n) is 9.40. The van der Waals surface area contributed by atoms with Gasteiger partial charge in [-0.2, -0.15) is 5.26 Å². The summed E-state index contributed by atoms with van der Waals surface area (Å²) >= 11 is 0. The van der Waals surface area contributed by atoms with Gasteiger partial charge >= 0.3 is 0 Å². The van der Waals surface area contributed by atoms with Crippen molar-refractivity contribution >= 4 is 31.3 Å². The van der Waals surface area contributed by atoms with Gasteiger partial charge in [0.05, 0.1) is 25.4 Å². The highest BCUT2D eigenvalue weighted by Crippen LogP contribution is 2.67. The van der Waals surface area contributed by atoms with E-state index in [2.05, 4.69) is 33.3 Å².